The van der Waals surface area contributed by atoms with E-state index in [-0.39, 0.29) is 0 Å². The lowest BCUT2D eigenvalue weighted by Gasteiger charge is -2.42. The Labute approximate surface area is 124 Å². The SMILES string of the molecule is CNC1c2ccccc2C(C)CC1N(C)CCN(C)C. The maximum absolute atomic E-state index is 3.54. The number of likely N-dealkylation sites (N-methyl/N-ethyl adjacent to an activating group) is 3. The maximum Gasteiger partial charge on any atom is 0.0478 e. The van der Waals surface area contributed by atoms with Crippen molar-refractivity contribution in [2.75, 3.05) is 41.3 Å². The summed E-state index contributed by atoms with van der Waals surface area (Å²) in [7, 11) is 8.63. The zero-order valence-corrected chi connectivity index (χ0v) is 13.6. The van der Waals surface area contributed by atoms with E-state index in [4.69, 9.17) is 0 Å². The van der Waals surface area contributed by atoms with Gasteiger partial charge in [0.15, 0.2) is 0 Å². The van der Waals surface area contributed by atoms with Gasteiger partial charge in [0, 0.05) is 25.2 Å². The molecule has 1 aliphatic carbocycles. The molecular weight excluding hydrogens is 246 g/mol. The second-order valence-corrected chi connectivity index (χ2v) is 6.38. The van der Waals surface area contributed by atoms with Crippen molar-refractivity contribution in [3.05, 3.63) is 35.4 Å². The van der Waals surface area contributed by atoms with Crippen molar-refractivity contribution in [1.82, 2.24) is 15.1 Å². The first-order valence-corrected chi connectivity index (χ1v) is 7.65. The molecule has 0 fully saturated rings. The van der Waals surface area contributed by atoms with E-state index in [1.165, 1.54) is 17.5 Å². The highest BCUT2D eigenvalue weighted by molar-refractivity contribution is 5.36. The summed E-state index contributed by atoms with van der Waals surface area (Å²) in [6, 6.07) is 9.93. The molecule has 0 bridgehead atoms. The fourth-order valence-electron chi connectivity index (χ4n) is 3.38. The van der Waals surface area contributed by atoms with Crippen LogP contribution in [0.25, 0.3) is 0 Å². The number of fused-ring (bicyclic) bond motifs is 1. The van der Waals surface area contributed by atoms with Crippen LogP contribution in [-0.2, 0) is 0 Å². The summed E-state index contributed by atoms with van der Waals surface area (Å²) in [5.74, 6) is 0.641. The van der Waals surface area contributed by atoms with Gasteiger partial charge in [-0.05, 0) is 51.7 Å². The minimum absolute atomic E-state index is 0.439. The fraction of sp³-hybridized carbons (Fsp3) is 0.647. The second kappa shape index (κ2) is 6.70. The molecule has 3 atom stereocenters. The number of rotatable bonds is 5. The molecule has 112 valence electrons. The number of hydrogen-bond donors (Lipinski definition) is 1. The molecule has 0 aliphatic heterocycles. The minimum atomic E-state index is 0.439. The van der Waals surface area contributed by atoms with Gasteiger partial charge in [0.1, 0.15) is 0 Å². The first-order chi connectivity index (χ1) is 9.54. The molecule has 1 N–H and O–H groups in total. The van der Waals surface area contributed by atoms with Crippen LogP contribution in [0.1, 0.15) is 36.4 Å². The Morgan fingerprint density at radius 1 is 1.10 bits per heavy atom. The van der Waals surface area contributed by atoms with E-state index in [1.807, 2.05) is 0 Å². The molecule has 1 aliphatic rings. The zero-order chi connectivity index (χ0) is 14.7. The van der Waals surface area contributed by atoms with Gasteiger partial charge in [-0.15, -0.1) is 0 Å². The van der Waals surface area contributed by atoms with Crippen molar-refractivity contribution < 1.29 is 0 Å². The molecule has 3 heteroatoms. The molecule has 0 spiro atoms. The summed E-state index contributed by atoms with van der Waals surface area (Å²) in [4.78, 5) is 4.78. The van der Waals surface area contributed by atoms with Crippen LogP contribution in [0.4, 0.5) is 0 Å². The minimum Gasteiger partial charge on any atom is -0.312 e. The van der Waals surface area contributed by atoms with Gasteiger partial charge < -0.3 is 15.1 Å². The van der Waals surface area contributed by atoms with Gasteiger partial charge in [0.2, 0.25) is 0 Å². The van der Waals surface area contributed by atoms with Crippen LogP contribution in [0.2, 0.25) is 0 Å². The van der Waals surface area contributed by atoms with Crippen molar-refractivity contribution in [2.24, 2.45) is 0 Å². The molecular formula is C17H29N3. The van der Waals surface area contributed by atoms with Crippen LogP contribution in [0, 0.1) is 0 Å². The molecule has 2 rings (SSSR count). The van der Waals surface area contributed by atoms with Crippen molar-refractivity contribution in [1.29, 1.82) is 0 Å². The molecule has 0 heterocycles. The summed E-state index contributed by atoms with van der Waals surface area (Å²) in [6.07, 6.45) is 1.23. The first-order valence-electron chi connectivity index (χ1n) is 7.65. The topological polar surface area (TPSA) is 18.5 Å². The van der Waals surface area contributed by atoms with Crippen LogP contribution in [0.15, 0.2) is 24.3 Å². The third-order valence-corrected chi connectivity index (χ3v) is 4.62. The molecule has 1 aromatic carbocycles. The number of nitrogens with zero attached hydrogens (tertiary/aromatic N) is 2. The van der Waals surface area contributed by atoms with E-state index >= 15 is 0 Å². The smallest absolute Gasteiger partial charge is 0.0478 e. The molecule has 3 nitrogen and oxygen atoms in total. The molecule has 3 unspecified atom stereocenters. The average molecular weight is 275 g/mol. The Balaban J connectivity index is 2.19. The average Bonchev–Trinajstić information content (AvgIpc) is 2.44. The van der Waals surface area contributed by atoms with Crippen LogP contribution in [0.5, 0.6) is 0 Å². The van der Waals surface area contributed by atoms with Crippen molar-refractivity contribution >= 4 is 0 Å². The molecule has 0 saturated carbocycles. The summed E-state index contributed by atoms with van der Waals surface area (Å²) < 4.78 is 0. The van der Waals surface area contributed by atoms with E-state index in [2.05, 4.69) is 74.5 Å². The van der Waals surface area contributed by atoms with Gasteiger partial charge in [0.25, 0.3) is 0 Å². The van der Waals surface area contributed by atoms with E-state index < -0.39 is 0 Å². The Morgan fingerprint density at radius 2 is 1.75 bits per heavy atom. The molecule has 0 aromatic heterocycles. The maximum atomic E-state index is 3.54. The Hall–Kier alpha value is -0.900. The van der Waals surface area contributed by atoms with E-state index in [0.717, 1.165) is 13.1 Å². The Bertz CT molecular complexity index is 430. The number of nitrogens with one attached hydrogen (secondary N) is 1. The highest BCUT2D eigenvalue weighted by atomic mass is 15.2. The molecule has 0 amide bonds. The second-order valence-electron chi connectivity index (χ2n) is 6.38. The first kappa shape index (κ1) is 15.5. The normalized spacial score (nSPS) is 26.1. The van der Waals surface area contributed by atoms with Crippen molar-refractivity contribution in [2.45, 2.75) is 31.3 Å². The van der Waals surface area contributed by atoms with Crippen LogP contribution < -0.4 is 5.32 Å². The van der Waals surface area contributed by atoms with Crippen LogP contribution in [-0.4, -0.2) is 57.1 Å². The van der Waals surface area contributed by atoms with Gasteiger partial charge >= 0.3 is 0 Å². The predicted molar refractivity (Wildman–Crippen MR) is 86.2 cm³/mol. The van der Waals surface area contributed by atoms with Crippen molar-refractivity contribution in [3.63, 3.8) is 0 Å². The summed E-state index contributed by atoms with van der Waals surface area (Å²) >= 11 is 0. The molecule has 1 aromatic rings. The predicted octanol–water partition coefficient (Wildman–Crippen LogP) is 2.32. The van der Waals surface area contributed by atoms with Gasteiger partial charge in [-0.1, -0.05) is 31.2 Å². The zero-order valence-electron chi connectivity index (χ0n) is 13.6. The monoisotopic (exact) mass is 275 g/mol. The lowest BCUT2D eigenvalue weighted by Crippen LogP contribution is -2.47. The van der Waals surface area contributed by atoms with Crippen LogP contribution >= 0.6 is 0 Å². The fourth-order valence-corrected chi connectivity index (χ4v) is 3.38. The lowest BCUT2D eigenvalue weighted by atomic mass is 9.77. The molecule has 0 radical (unpaired) electrons. The highest BCUT2D eigenvalue weighted by Gasteiger charge is 2.34. The standard InChI is InChI=1S/C17H29N3/c1-13-12-16(20(5)11-10-19(3)4)17(18-2)15-9-7-6-8-14(13)15/h6-9,13,16-18H,10-12H2,1-5H3. The number of benzene rings is 1. The molecule has 0 saturated heterocycles. The summed E-state index contributed by atoms with van der Waals surface area (Å²) in [5.41, 5.74) is 3.00. The van der Waals surface area contributed by atoms with Crippen LogP contribution in [0.3, 0.4) is 0 Å². The van der Waals surface area contributed by atoms with E-state index in [9.17, 15) is 0 Å². The number of hydrogen-bond acceptors (Lipinski definition) is 3. The third-order valence-electron chi connectivity index (χ3n) is 4.62. The van der Waals surface area contributed by atoms with E-state index in [0.29, 0.717) is 18.0 Å². The largest absolute Gasteiger partial charge is 0.312 e. The van der Waals surface area contributed by atoms with E-state index in [1.54, 1.807) is 0 Å². The van der Waals surface area contributed by atoms with Gasteiger partial charge in [-0.3, -0.25) is 0 Å². The summed E-state index contributed by atoms with van der Waals surface area (Å²) in [5, 5.41) is 3.54. The third kappa shape index (κ3) is 3.22. The Morgan fingerprint density at radius 3 is 2.35 bits per heavy atom. The van der Waals surface area contributed by atoms with Gasteiger partial charge in [-0.25, -0.2) is 0 Å². The summed E-state index contributed by atoms with van der Waals surface area (Å²) in [6.45, 7) is 4.59. The lowest BCUT2D eigenvalue weighted by molar-refractivity contribution is 0.156. The Kier molecular flexibility index (Phi) is 5.19. The van der Waals surface area contributed by atoms with Crippen molar-refractivity contribution in [3.8, 4) is 0 Å². The molecule has 20 heavy (non-hydrogen) atoms. The van der Waals surface area contributed by atoms with Gasteiger partial charge in [-0.2, -0.15) is 0 Å². The highest BCUT2D eigenvalue weighted by Crippen LogP contribution is 2.38. The quantitative estimate of drug-likeness (QED) is 0.889. The van der Waals surface area contributed by atoms with Gasteiger partial charge in [0.05, 0.1) is 0 Å².